The van der Waals surface area contributed by atoms with E-state index in [1.165, 1.54) is 18.5 Å². The van der Waals surface area contributed by atoms with Crippen LogP contribution in [-0.2, 0) is 6.42 Å². The molecule has 0 aliphatic heterocycles. The number of ether oxygens (including phenoxy) is 1. The van der Waals surface area contributed by atoms with E-state index in [4.69, 9.17) is 4.74 Å². The van der Waals surface area contributed by atoms with Crippen molar-refractivity contribution in [2.45, 2.75) is 6.42 Å². The van der Waals surface area contributed by atoms with Crippen molar-refractivity contribution in [3.05, 3.63) is 77.8 Å². The van der Waals surface area contributed by atoms with Crippen LogP contribution in [0.3, 0.4) is 0 Å². The second-order valence-electron chi connectivity index (χ2n) is 5.85. The van der Waals surface area contributed by atoms with E-state index >= 15 is 0 Å². The number of nitrogens with zero attached hydrogens (tertiary/aromatic N) is 2. The van der Waals surface area contributed by atoms with Gasteiger partial charge in [-0.2, -0.15) is 0 Å². The molecule has 0 atom stereocenters. The molecule has 0 unspecified atom stereocenters. The maximum atomic E-state index is 13.7. The molecule has 0 radical (unpaired) electrons. The molecule has 0 bridgehead atoms. The summed E-state index contributed by atoms with van der Waals surface area (Å²) < 4.78 is 31.9. The van der Waals surface area contributed by atoms with Crippen molar-refractivity contribution in [2.24, 2.45) is 0 Å². The van der Waals surface area contributed by atoms with Crippen LogP contribution in [-0.4, -0.2) is 29.5 Å². The standard InChI is InChI=1S/C20H18F2N4O2/c1-28-18-5-3-2-4-13(18)8-9-23-20(27)17-11-25-19(12-24-17)26-16-7-6-14(21)10-15(16)22/h2-7,10-12H,8-9H2,1H3,(H,23,27)(H,25,26). The summed E-state index contributed by atoms with van der Waals surface area (Å²) >= 11 is 0. The van der Waals surface area contributed by atoms with E-state index in [0.717, 1.165) is 23.4 Å². The lowest BCUT2D eigenvalue weighted by Gasteiger charge is -2.09. The number of rotatable bonds is 7. The van der Waals surface area contributed by atoms with Crippen molar-refractivity contribution in [1.82, 2.24) is 15.3 Å². The summed E-state index contributed by atoms with van der Waals surface area (Å²) in [6.45, 7) is 0.404. The Morgan fingerprint density at radius 3 is 2.64 bits per heavy atom. The van der Waals surface area contributed by atoms with Crippen LogP contribution in [0.15, 0.2) is 54.9 Å². The molecular weight excluding hydrogens is 366 g/mol. The first-order valence-electron chi connectivity index (χ1n) is 8.51. The van der Waals surface area contributed by atoms with Gasteiger partial charge in [-0.3, -0.25) is 4.79 Å². The number of para-hydroxylation sites is 1. The minimum absolute atomic E-state index is 0.0599. The number of halogens is 2. The molecule has 144 valence electrons. The van der Waals surface area contributed by atoms with E-state index in [1.54, 1.807) is 7.11 Å². The zero-order valence-electron chi connectivity index (χ0n) is 15.1. The van der Waals surface area contributed by atoms with Gasteiger partial charge in [-0.1, -0.05) is 18.2 Å². The minimum atomic E-state index is -0.750. The van der Waals surface area contributed by atoms with Gasteiger partial charge < -0.3 is 15.4 Å². The number of nitrogens with one attached hydrogen (secondary N) is 2. The quantitative estimate of drug-likeness (QED) is 0.652. The molecule has 1 aromatic heterocycles. The summed E-state index contributed by atoms with van der Waals surface area (Å²) in [6, 6.07) is 10.7. The summed E-state index contributed by atoms with van der Waals surface area (Å²) in [7, 11) is 1.60. The Bertz CT molecular complexity index is 965. The SMILES string of the molecule is COc1ccccc1CCNC(=O)c1cnc(Nc2ccc(F)cc2F)cn1. The van der Waals surface area contributed by atoms with E-state index in [-0.39, 0.29) is 23.1 Å². The van der Waals surface area contributed by atoms with Crippen molar-refractivity contribution in [1.29, 1.82) is 0 Å². The van der Waals surface area contributed by atoms with Gasteiger partial charge >= 0.3 is 0 Å². The van der Waals surface area contributed by atoms with Gasteiger partial charge in [-0.05, 0) is 30.2 Å². The molecule has 0 saturated heterocycles. The van der Waals surface area contributed by atoms with Crippen molar-refractivity contribution in [3.63, 3.8) is 0 Å². The van der Waals surface area contributed by atoms with Crippen LogP contribution in [0.2, 0.25) is 0 Å². The number of carbonyl (C=O) groups excluding carboxylic acids is 1. The Balaban J connectivity index is 1.56. The van der Waals surface area contributed by atoms with Gasteiger partial charge in [0.05, 0.1) is 25.2 Å². The van der Waals surface area contributed by atoms with Gasteiger partial charge in [0.25, 0.3) is 5.91 Å². The summed E-state index contributed by atoms with van der Waals surface area (Å²) in [4.78, 5) is 20.2. The minimum Gasteiger partial charge on any atom is -0.496 e. The predicted molar refractivity (Wildman–Crippen MR) is 101 cm³/mol. The molecule has 3 aromatic rings. The van der Waals surface area contributed by atoms with Crippen LogP contribution in [0.25, 0.3) is 0 Å². The molecule has 0 spiro atoms. The Hall–Kier alpha value is -3.55. The average Bonchev–Trinajstić information content (AvgIpc) is 2.71. The van der Waals surface area contributed by atoms with Crippen LogP contribution in [0.4, 0.5) is 20.3 Å². The number of aromatic nitrogens is 2. The molecular formula is C20H18F2N4O2. The first-order valence-corrected chi connectivity index (χ1v) is 8.51. The number of carbonyl (C=O) groups is 1. The summed E-state index contributed by atoms with van der Waals surface area (Å²) in [5.74, 6) is -0.799. The van der Waals surface area contributed by atoms with Gasteiger partial charge in [0.1, 0.15) is 28.9 Å². The number of amides is 1. The Morgan fingerprint density at radius 2 is 1.93 bits per heavy atom. The fourth-order valence-electron chi connectivity index (χ4n) is 2.55. The predicted octanol–water partition coefficient (Wildman–Crippen LogP) is 3.48. The average molecular weight is 384 g/mol. The molecule has 0 fully saturated rings. The van der Waals surface area contributed by atoms with Gasteiger partial charge in [0.15, 0.2) is 0 Å². The highest BCUT2D eigenvalue weighted by Gasteiger charge is 2.10. The van der Waals surface area contributed by atoms with Crippen molar-refractivity contribution in [2.75, 3.05) is 19.0 Å². The van der Waals surface area contributed by atoms with Gasteiger partial charge in [-0.15, -0.1) is 0 Å². The van der Waals surface area contributed by atoms with E-state index in [2.05, 4.69) is 20.6 Å². The summed E-state index contributed by atoms with van der Waals surface area (Å²) in [6.07, 6.45) is 3.19. The monoisotopic (exact) mass is 384 g/mol. The van der Waals surface area contributed by atoms with Crippen molar-refractivity contribution < 1.29 is 18.3 Å². The molecule has 0 aliphatic rings. The number of methoxy groups -OCH3 is 1. The summed E-state index contributed by atoms with van der Waals surface area (Å²) in [5, 5.41) is 5.45. The van der Waals surface area contributed by atoms with Crippen LogP contribution < -0.4 is 15.4 Å². The van der Waals surface area contributed by atoms with Crippen LogP contribution in [0.1, 0.15) is 16.1 Å². The third kappa shape index (κ3) is 4.79. The first-order chi connectivity index (χ1) is 13.6. The molecule has 6 nitrogen and oxygen atoms in total. The largest absolute Gasteiger partial charge is 0.496 e. The number of hydrogen-bond donors (Lipinski definition) is 2. The van der Waals surface area contributed by atoms with E-state index < -0.39 is 11.6 Å². The smallest absolute Gasteiger partial charge is 0.271 e. The second-order valence-corrected chi connectivity index (χ2v) is 5.85. The molecule has 8 heteroatoms. The molecule has 2 N–H and O–H groups in total. The topological polar surface area (TPSA) is 76.1 Å². The number of anilines is 2. The van der Waals surface area contributed by atoms with Crippen molar-refractivity contribution in [3.8, 4) is 5.75 Å². The Labute approximate surface area is 160 Å². The fourth-order valence-corrected chi connectivity index (χ4v) is 2.55. The maximum Gasteiger partial charge on any atom is 0.271 e. The lowest BCUT2D eigenvalue weighted by Crippen LogP contribution is -2.26. The normalized spacial score (nSPS) is 10.4. The molecule has 0 saturated carbocycles. The highest BCUT2D eigenvalue weighted by atomic mass is 19.1. The highest BCUT2D eigenvalue weighted by molar-refractivity contribution is 5.92. The Kier molecular flexibility index (Phi) is 6.11. The first kappa shape index (κ1) is 19.2. The maximum absolute atomic E-state index is 13.7. The van der Waals surface area contributed by atoms with E-state index in [1.807, 2.05) is 24.3 Å². The van der Waals surface area contributed by atoms with E-state index in [9.17, 15) is 13.6 Å². The van der Waals surface area contributed by atoms with Crippen molar-refractivity contribution >= 4 is 17.4 Å². The van der Waals surface area contributed by atoms with Gasteiger partial charge in [-0.25, -0.2) is 18.7 Å². The highest BCUT2D eigenvalue weighted by Crippen LogP contribution is 2.19. The second kappa shape index (κ2) is 8.90. The lowest BCUT2D eigenvalue weighted by molar-refractivity contribution is 0.0948. The number of hydrogen-bond acceptors (Lipinski definition) is 5. The Morgan fingerprint density at radius 1 is 1.11 bits per heavy atom. The molecule has 3 rings (SSSR count). The molecule has 28 heavy (non-hydrogen) atoms. The van der Waals surface area contributed by atoms with E-state index in [0.29, 0.717) is 13.0 Å². The molecule has 1 amide bonds. The van der Waals surface area contributed by atoms with Crippen LogP contribution in [0.5, 0.6) is 5.75 Å². The zero-order chi connectivity index (χ0) is 19.9. The fraction of sp³-hybridized carbons (Fsp3) is 0.150. The lowest BCUT2D eigenvalue weighted by atomic mass is 10.1. The third-order valence-corrected chi connectivity index (χ3v) is 3.95. The third-order valence-electron chi connectivity index (χ3n) is 3.95. The molecule has 0 aliphatic carbocycles. The van der Waals surface area contributed by atoms with Crippen LogP contribution in [0, 0.1) is 11.6 Å². The number of benzene rings is 2. The summed E-state index contributed by atoms with van der Waals surface area (Å²) in [5.41, 5.74) is 1.17. The van der Waals surface area contributed by atoms with Gasteiger partial charge in [0.2, 0.25) is 0 Å². The zero-order valence-corrected chi connectivity index (χ0v) is 15.1. The molecule has 1 heterocycles. The van der Waals surface area contributed by atoms with Gasteiger partial charge in [0, 0.05) is 12.6 Å². The van der Waals surface area contributed by atoms with Crippen LogP contribution >= 0.6 is 0 Å². The molecule has 2 aromatic carbocycles.